The summed E-state index contributed by atoms with van der Waals surface area (Å²) in [6.07, 6.45) is 8.80. The number of pyridine rings is 1. The predicted octanol–water partition coefficient (Wildman–Crippen LogP) is 4.30. The molecule has 2 fully saturated rings. The Kier molecular flexibility index (Phi) is 6.24. The predicted molar refractivity (Wildman–Crippen MR) is 127 cm³/mol. The fourth-order valence-corrected chi connectivity index (χ4v) is 5.32. The van der Waals surface area contributed by atoms with Crippen LogP contribution in [-0.2, 0) is 4.79 Å². The lowest BCUT2D eigenvalue weighted by molar-refractivity contribution is -0.124. The Bertz CT molecular complexity index is 1070. The van der Waals surface area contributed by atoms with Crippen molar-refractivity contribution in [2.24, 2.45) is 5.92 Å². The van der Waals surface area contributed by atoms with Gasteiger partial charge in [-0.15, -0.1) is 0 Å². The van der Waals surface area contributed by atoms with Crippen molar-refractivity contribution in [2.75, 3.05) is 11.9 Å². The molecular weight excluding hydrogens is 416 g/mol. The van der Waals surface area contributed by atoms with E-state index < -0.39 is 0 Å². The summed E-state index contributed by atoms with van der Waals surface area (Å²) in [4.78, 5) is 33.3. The molecule has 1 N–H and O–H groups in total. The van der Waals surface area contributed by atoms with Crippen molar-refractivity contribution in [1.29, 1.82) is 0 Å². The molecule has 2 aromatic heterocycles. The smallest absolute Gasteiger partial charge is 0.267 e. The molecule has 1 aliphatic carbocycles. The third-order valence-electron chi connectivity index (χ3n) is 5.49. The van der Waals surface area contributed by atoms with Crippen molar-refractivity contribution < 1.29 is 4.79 Å². The number of fused-ring (bicyclic) bond motifs is 1. The van der Waals surface area contributed by atoms with E-state index in [4.69, 9.17) is 12.2 Å². The van der Waals surface area contributed by atoms with Gasteiger partial charge >= 0.3 is 0 Å². The molecule has 1 aliphatic heterocycles. The van der Waals surface area contributed by atoms with Crippen molar-refractivity contribution in [3.8, 4) is 0 Å². The van der Waals surface area contributed by atoms with Crippen LogP contribution in [0.4, 0.5) is 5.82 Å². The van der Waals surface area contributed by atoms with Gasteiger partial charge in [0, 0.05) is 18.8 Å². The molecule has 8 heteroatoms. The molecule has 6 nitrogen and oxygen atoms in total. The molecule has 1 saturated carbocycles. The molecule has 0 radical (unpaired) electrons. The molecule has 2 aliphatic rings. The summed E-state index contributed by atoms with van der Waals surface area (Å²) >= 11 is 6.82. The number of rotatable bonds is 5. The Morgan fingerprint density at radius 1 is 1.27 bits per heavy atom. The van der Waals surface area contributed by atoms with Gasteiger partial charge in [0.05, 0.1) is 10.5 Å². The first kappa shape index (κ1) is 21.1. The van der Waals surface area contributed by atoms with Crippen LogP contribution in [0.5, 0.6) is 0 Å². The van der Waals surface area contributed by atoms with Crippen LogP contribution in [0.3, 0.4) is 0 Å². The van der Waals surface area contributed by atoms with Gasteiger partial charge in [-0.3, -0.25) is 18.9 Å². The fourth-order valence-electron chi connectivity index (χ4n) is 3.93. The van der Waals surface area contributed by atoms with Gasteiger partial charge in [0.15, 0.2) is 0 Å². The number of thioether (sulfide) groups is 1. The maximum atomic E-state index is 13.2. The van der Waals surface area contributed by atoms with Gasteiger partial charge in [0.1, 0.15) is 15.8 Å². The quantitative estimate of drug-likeness (QED) is 0.550. The number of hydrogen-bond donors (Lipinski definition) is 1. The fraction of sp³-hybridized carbons (Fsp3) is 0.455. The van der Waals surface area contributed by atoms with Crippen molar-refractivity contribution >= 4 is 51.7 Å². The Morgan fingerprint density at radius 3 is 2.77 bits per heavy atom. The molecule has 4 rings (SSSR count). The minimum atomic E-state index is -0.199. The number of thiocarbonyl (C=S) groups is 1. The normalized spacial score (nSPS) is 19.4. The Labute approximate surface area is 185 Å². The zero-order valence-electron chi connectivity index (χ0n) is 17.3. The second kappa shape index (κ2) is 8.89. The number of hydrogen-bond acceptors (Lipinski definition) is 6. The highest BCUT2D eigenvalue weighted by molar-refractivity contribution is 8.26. The lowest BCUT2D eigenvalue weighted by Crippen LogP contribution is -2.39. The lowest BCUT2D eigenvalue weighted by atomic mass is 9.94. The first-order valence-electron chi connectivity index (χ1n) is 10.5. The molecule has 158 valence electrons. The van der Waals surface area contributed by atoms with E-state index >= 15 is 0 Å². The van der Waals surface area contributed by atoms with Gasteiger partial charge in [-0.25, -0.2) is 4.98 Å². The summed E-state index contributed by atoms with van der Waals surface area (Å²) in [6.45, 7) is 4.87. The van der Waals surface area contributed by atoms with Gasteiger partial charge in [0.25, 0.3) is 11.5 Å². The maximum absolute atomic E-state index is 13.2. The zero-order valence-corrected chi connectivity index (χ0v) is 18.9. The van der Waals surface area contributed by atoms with E-state index in [2.05, 4.69) is 24.1 Å². The topological polar surface area (TPSA) is 66.7 Å². The number of anilines is 1. The Hall–Kier alpha value is -2.19. The van der Waals surface area contributed by atoms with Crippen molar-refractivity contribution in [1.82, 2.24) is 14.3 Å². The number of aromatic nitrogens is 2. The van der Waals surface area contributed by atoms with Gasteiger partial charge in [-0.2, -0.15) is 0 Å². The van der Waals surface area contributed by atoms with Gasteiger partial charge in [-0.05, 0) is 37.0 Å². The molecule has 0 spiro atoms. The van der Waals surface area contributed by atoms with E-state index in [1.54, 1.807) is 29.3 Å². The van der Waals surface area contributed by atoms with Gasteiger partial charge in [-0.1, -0.05) is 63.2 Å². The van der Waals surface area contributed by atoms with Gasteiger partial charge < -0.3 is 5.32 Å². The van der Waals surface area contributed by atoms with Crippen molar-refractivity contribution in [3.63, 3.8) is 0 Å². The van der Waals surface area contributed by atoms with Crippen LogP contribution in [0.1, 0.15) is 51.5 Å². The summed E-state index contributed by atoms with van der Waals surface area (Å²) in [7, 11) is 0. The second-order valence-electron chi connectivity index (χ2n) is 8.23. The number of amides is 1. The molecule has 0 bridgehead atoms. The van der Waals surface area contributed by atoms with Crippen LogP contribution >= 0.6 is 24.0 Å². The molecule has 1 saturated heterocycles. The first-order valence-corrected chi connectivity index (χ1v) is 11.7. The van der Waals surface area contributed by atoms with Crippen molar-refractivity contribution in [2.45, 2.75) is 52.0 Å². The monoisotopic (exact) mass is 442 g/mol. The number of nitrogens with zero attached hydrogens (tertiary/aromatic N) is 3. The first-order chi connectivity index (χ1) is 14.5. The number of carbonyl (C=O) groups is 1. The molecule has 0 atom stereocenters. The third-order valence-corrected chi connectivity index (χ3v) is 6.82. The molecule has 2 aromatic rings. The van der Waals surface area contributed by atoms with E-state index in [0.29, 0.717) is 38.7 Å². The standard InChI is InChI=1S/C22H26N4O2S2/c1-14(2)13-23-19-16(20(27)25-11-7-6-10-18(25)24-19)12-17-21(28)26(22(29)30-17)15-8-4-3-5-9-15/h6-7,10-12,14-15,23H,3-5,8-9,13H2,1-2H3/b17-12-. The molecular formula is C22H26N4O2S2. The highest BCUT2D eigenvalue weighted by atomic mass is 32.2. The summed E-state index contributed by atoms with van der Waals surface area (Å²) in [5, 5.41) is 3.28. The van der Waals surface area contributed by atoms with E-state index in [-0.39, 0.29) is 17.5 Å². The summed E-state index contributed by atoms with van der Waals surface area (Å²) < 4.78 is 2.09. The summed E-state index contributed by atoms with van der Waals surface area (Å²) in [5.74, 6) is 0.797. The molecule has 3 heterocycles. The van der Waals surface area contributed by atoms with Crippen LogP contribution in [0, 0.1) is 5.92 Å². The SMILES string of the molecule is CC(C)CNc1nc2ccccn2c(=O)c1/C=C1\SC(=S)N(C2CCCCC2)C1=O. The lowest BCUT2D eigenvalue weighted by Gasteiger charge is -2.29. The van der Waals surface area contributed by atoms with Crippen LogP contribution < -0.4 is 10.9 Å². The highest BCUT2D eigenvalue weighted by Gasteiger charge is 2.37. The third kappa shape index (κ3) is 4.16. The minimum Gasteiger partial charge on any atom is -0.369 e. The highest BCUT2D eigenvalue weighted by Crippen LogP contribution is 2.37. The van der Waals surface area contributed by atoms with Crippen molar-refractivity contribution in [3.05, 3.63) is 45.2 Å². The van der Waals surface area contributed by atoms with Crippen LogP contribution in [-0.4, -0.2) is 37.1 Å². The number of nitrogens with one attached hydrogen (secondary N) is 1. The maximum Gasteiger partial charge on any atom is 0.267 e. The van der Waals surface area contributed by atoms with E-state index in [1.165, 1.54) is 22.6 Å². The van der Waals surface area contributed by atoms with Crippen LogP contribution in [0.2, 0.25) is 0 Å². The summed E-state index contributed by atoms with van der Waals surface area (Å²) in [6, 6.07) is 5.62. The minimum absolute atomic E-state index is 0.0933. The summed E-state index contributed by atoms with van der Waals surface area (Å²) in [5.41, 5.74) is 0.763. The largest absolute Gasteiger partial charge is 0.369 e. The average molecular weight is 443 g/mol. The molecule has 0 aromatic carbocycles. The molecule has 30 heavy (non-hydrogen) atoms. The molecule has 0 unspecified atom stereocenters. The molecule has 1 amide bonds. The zero-order chi connectivity index (χ0) is 21.3. The van der Waals surface area contributed by atoms with E-state index in [0.717, 1.165) is 25.7 Å². The second-order valence-corrected chi connectivity index (χ2v) is 9.90. The van der Waals surface area contributed by atoms with Gasteiger partial charge in [0.2, 0.25) is 0 Å². The number of carbonyl (C=O) groups excluding carboxylic acids is 1. The Morgan fingerprint density at radius 2 is 2.03 bits per heavy atom. The van der Waals surface area contributed by atoms with E-state index in [1.807, 2.05) is 6.07 Å². The average Bonchev–Trinajstić information content (AvgIpc) is 3.02. The van der Waals surface area contributed by atoms with E-state index in [9.17, 15) is 9.59 Å². The Balaban J connectivity index is 1.74. The van der Waals surface area contributed by atoms with Crippen LogP contribution in [0.25, 0.3) is 11.7 Å². The van der Waals surface area contributed by atoms with Crippen LogP contribution in [0.15, 0.2) is 34.1 Å².